The van der Waals surface area contributed by atoms with Crippen molar-refractivity contribution in [2.45, 2.75) is 25.7 Å². The van der Waals surface area contributed by atoms with Gasteiger partial charge in [-0.2, -0.15) is 35.3 Å². The molecule has 0 bridgehead atoms. The number of aliphatic hydroxyl groups is 2. The van der Waals surface area contributed by atoms with E-state index in [1.807, 2.05) is 0 Å². The van der Waals surface area contributed by atoms with E-state index in [0.717, 1.165) is 0 Å². The van der Waals surface area contributed by atoms with Gasteiger partial charge in [0.2, 0.25) is 0 Å². The van der Waals surface area contributed by atoms with E-state index >= 15 is 0 Å². The highest BCUT2D eigenvalue weighted by atomic mass is 32.2. The average molecular weight is 531 g/mol. The summed E-state index contributed by atoms with van der Waals surface area (Å²) in [5.74, 6) is 2.10. The van der Waals surface area contributed by atoms with Crippen LogP contribution in [0.3, 0.4) is 0 Å². The van der Waals surface area contributed by atoms with E-state index in [9.17, 15) is 19.2 Å². The Balaban J connectivity index is 3.40. The maximum absolute atomic E-state index is 11.6. The lowest BCUT2D eigenvalue weighted by Crippen LogP contribution is -2.11. The molecule has 0 aromatic heterocycles. The highest BCUT2D eigenvalue weighted by Gasteiger charge is 2.07. The van der Waals surface area contributed by atoms with Crippen LogP contribution in [0.25, 0.3) is 0 Å². The Labute approximate surface area is 207 Å². The van der Waals surface area contributed by atoms with Gasteiger partial charge in [0.15, 0.2) is 0 Å². The third-order valence-corrected chi connectivity index (χ3v) is 6.37. The fraction of sp³-hybridized carbons (Fsp3) is 0.800. The Kier molecular flexibility index (Phi) is 23.2. The molecule has 0 aliphatic heterocycles. The SMILES string of the molecule is O=C(CCSCCC(=O)OCCSCCOC(=O)CCSCCC(=O)OCCO)OCCO. The van der Waals surface area contributed by atoms with Crippen LogP contribution in [0.2, 0.25) is 0 Å². The molecule has 2 N–H and O–H groups in total. The molecule has 0 aliphatic rings. The number of thioether (sulfide) groups is 3. The lowest BCUT2D eigenvalue weighted by molar-refractivity contribution is -0.144. The Morgan fingerprint density at radius 2 is 0.727 bits per heavy atom. The van der Waals surface area contributed by atoms with E-state index in [0.29, 0.717) is 34.5 Å². The standard InChI is InChI=1S/C20H34O10S3/c21-5-7-27-17(23)1-11-31-13-3-19(25)29-9-15-33-16-10-30-20(26)4-14-32-12-2-18(24)28-8-6-22/h21-22H,1-16H2. The molecule has 0 aliphatic carbocycles. The number of aliphatic hydroxyl groups excluding tert-OH is 2. The lowest BCUT2D eigenvalue weighted by atomic mass is 10.5. The first-order chi connectivity index (χ1) is 16.0. The monoisotopic (exact) mass is 530 g/mol. The van der Waals surface area contributed by atoms with Gasteiger partial charge in [0.25, 0.3) is 0 Å². The first kappa shape index (κ1) is 31.9. The molecule has 0 unspecified atom stereocenters. The molecule has 0 saturated carbocycles. The number of carbonyl (C=O) groups is 4. The molecule has 0 rings (SSSR count). The van der Waals surface area contributed by atoms with E-state index in [1.165, 1.54) is 35.3 Å². The van der Waals surface area contributed by atoms with Crippen LogP contribution >= 0.6 is 35.3 Å². The van der Waals surface area contributed by atoms with Crippen LogP contribution in [0.4, 0.5) is 0 Å². The quantitative estimate of drug-likeness (QED) is 0.116. The van der Waals surface area contributed by atoms with Crippen molar-refractivity contribution in [2.24, 2.45) is 0 Å². The fourth-order valence-corrected chi connectivity index (χ4v) is 4.22. The number of ether oxygens (including phenoxy) is 4. The third-order valence-electron chi connectivity index (χ3n) is 3.49. The molecule has 0 spiro atoms. The molecule has 0 aromatic rings. The second kappa shape index (κ2) is 24.0. The van der Waals surface area contributed by atoms with Gasteiger partial charge < -0.3 is 29.2 Å². The summed E-state index contributed by atoms with van der Waals surface area (Å²) in [6.45, 7) is 0.194. The lowest BCUT2D eigenvalue weighted by Gasteiger charge is -2.06. The summed E-state index contributed by atoms with van der Waals surface area (Å²) in [6, 6.07) is 0. The molecule has 0 atom stereocenters. The van der Waals surface area contributed by atoms with Crippen molar-refractivity contribution in [1.29, 1.82) is 0 Å². The van der Waals surface area contributed by atoms with E-state index in [2.05, 4.69) is 0 Å². The van der Waals surface area contributed by atoms with Crippen molar-refractivity contribution in [3.8, 4) is 0 Å². The maximum Gasteiger partial charge on any atom is 0.306 e. The van der Waals surface area contributed by atoms with E-state index < -0.39 is 0 Å². The number of hydrogen-bond acceptors (Lipinski definition) is 13. The summed E-state index contributed by atoms with van der Waals surface area (Å²) in [6.07, 6.45) is 1.01. The molecule has 0 fully saturated rings. The van der Waals surface area contributed by atoms with Crippen LogP contribution in [-0.4, -0.2) is 108 Å². The minimum Gasteiger partial charge on any atom is -0.465 e. The van der Waals surface area contributed by atoms with Gasteiger partial charge in [0, 0.05) is 34.5 Å². The molecule has 0 saturated heterocycles. The maximum atomic E-state index is 11.6. The van der Waals surface area contributed by atoms with Gasteiger partial charge >= 0.3 is 23.9 Å². The van der Waals surface area contributed by atoms with Crippen LogP contribution in [0.15, 0.2) is 0 Å². The molecule has 13 heteroatoms. The van der Waals surface area contributed by atoms with E-state index in [4.69, 9.17) is 29.2 Å². The van der Waals surface area contributed by atoms with Gasteiger partial charge in [-0.3, -0.25) is 19.2 Å². The minimum absolute atomic E-state index is 0.00374. The second-order valence-electron chi connectivity index (χ2n) is 6.17. The topological polar surface area (TPSA) is 146 Å². The summed E-state index contributed by atoms with van der Waals surface area (Å²) in [5.41, 5.74) is 0. The first-order valence-electron chi connectivity index (χ1n) is 10.6. The predicted octanol–water partition coefficient (Wildman–Crippen LogP) is 0.904. The van der Waals surface area contributed by atoms with Gasteiger partial charge in [0.05, 0.1) is 38.9 Å². The molecule has 10 nitrogen and oxygen atoms in total. The van der Waals surface area contributed by atoms with Crippen LogP contribution in [0.1, 0.15) is 25.7 Å². The highest BCUT2D eigenvalue weighted by molar-refractivity contribution is 7.99. The zero-order chi connectivity index (χ0) is 24.6. The Morgan fingerprint density at radius 1 is 0.455 bits per heavy atom. The Bertz CT molecular complexity index is 502. The Hall–Kier alpha value is -1.15. The van der Waals surface area contributed by atoms with Gasteiger partial charge in [-0.05, 0) is 0 Å². The largest absolute Gasteiger partial charge is 0.465 e. The van der Waals surface area contributed by atoms with E-state index in [-0.39, 0.29) is 89.2 Å². The summed E-state index contributed by atoms with van der Waals surface area (Å²) in [7, 11) is 0. The molecule has 0 radical (unpaired) electrons. The van der Waals surface area contributed by atoms with Crippen molar-refractivity contribution in [1.82, 2.24) is 0 Å². The van der Waals surface area contributed by atoms with Crippen LogP contribution in [-0.2, 0) is 38.1 Å². The summed E-state index contributed by atoms with van der Waals surface area (Å²) in [5, 5.41) is 17.1. The summed E-state index contributed by atoms with van der Waals surface area (Å²) in [4.78, 5) is 45.7. The summed E-state index contributed by atoms with van der Waals surface area (Å²) >= 11 is 4.44. The number of rotatable bonds is 22. The molecular formula is C20H34O10S3. The number of carbonyl (C=O) groups excluding carboxylic acids is 4. The van der Waals surface area contributed by atoms with Crippen LogP contribution in [0, 0.1) is 0 Å². The van der Waals surface area contributed by atoms with Crippen LogP contribution in [0.5, 0.6) is 0 Å². The van der Waals surface area contributed by atoms with Gasteiger partial charge in [0.1, 0.15) is 26.4 Å². The molecule has 0 heterocycles. The fourth-order valence-electron chi connectivity index (χ4n) is 1.96. The first-order valence-corrected chi connectivity index (χ1v) is 14.0. The number of esters is 4. The third kappa shape index (κ3) is 23.8. The minimum atomic E-state index is -0.366. The summed E-state index contributed by atoms with van der Waals surface area (Å²) < 4.78 is 19.7. The van der Waals surface area contributed by atoms with Crippen molar-refractivity contribution in [2.75, 3.05) is 74.2 Å². The van der Waals surface area contributed by atoms with Crippen molar-refractivity contribution >= 4 is 59.2 Å². The number of hydrogen-bond donors (Lipinski definition) is 2. The van der Waals surface area contributed by atoms with E-state index in [1.54, 1.807) is 0 Å². The Morgan fingerprint density at radius 3 is 1.03 bits per heavy atom. The molecule has 0 aromatic carbocycles. The smallest absolute Gasteiger partial charge is 0.306 e. The zero-order valence-electron chi connectivity index (χ0n) is 18.7. The predicted molar refractivity (Wildman–Crippen MR) is 128 cm³/mol. The van der Waals surface area contributed by atoms with Crippen molar-refractivity contribution in [3.05, 3.63) is 0 Å². The molecule has 0 amide bonds. The van der Waals surface area contributed by atoms with Gasteiger partial charge in [-0.1, -0.05) is 0 Å². The van der Waals surface area contributed by atoms with Gasteiger partial charge in [-0.15, -0.1) is 0 Å². The highest BCUT2D eigenvalue weighted by Crippen LogP contribution is 2.08. The van der Waals surface area contributed by atoms with Crippen molar-refractivity contribution in [3.63, 3.8) is 0 Å². The van der Waals surface area contributed by atoms with Crippen molar-refractivity contribution < 1.29 is 48.3 Å². The molecule has 33 heavy (non-hydrogen) atoms. The zero-order valence-corrected chi connectivity index (χ0v) is 21.1. The van der Waals surface area contributed by atoms with Gasteiger partial charge in [-0.25, -0.2) is 0 Å². The van der Waals surface area contributed by atoms with Crippen LogP contribution < -0.4 is 0 Å². The second-order valence-corrected chi connectivity index (χ2v) is 9.84. The molecule has 192 valence electrons. The average Bonchev–Trinajstić information content (AvgIpc) is 2.80. The molecular weight excluding hydrogens is 496 g/mol. The normalized spacial score (nSPS) is 10.5.